The summed E-state index contributed by atoms with van der Waals surface area (Å²) in [5, 5.41) is 0. The Morgan fingerprint density at radius 3 is 1.78 bits per heavy atom. The van der Waals surface area contributed by atoms with E-state index >= 15 is 0 Å². The minimum absolute atomic E-state index is 0.117. The van der Waals surface area contributed by atoms with Crippen molar-refractivity contribution in [3.63, 3.8) is 0 Å². The van der Waals surface area contributed by atoms with Crippen LogP contribution in [0, 0.1) is 13.8 Å². The van der Waals surface area contributed by atoms with Gasteiger partial charge in [0.2, 0.25) is 0 Å². The van der Waals surface area contributed by atoms with Gasteiger partial charge in [0.15, 0.2) is 23.0 Å². The van der Waals surface area contributed by atoms with Gasteiger partial charge in [-0.05, 0) is 78.1 Å². The fourth-order valence-corrected chi connectivity index (χ4v) is 8.41. The number of rotatable bonds is 7. The summed E-state index contributed by atoms with van der Waals surface area (Å²) in [5.74, 6) is 3.36. The quantitative estimate of drug-likeness (QED) is 0.151. The standard InChI is InChI=1S/C40H40O10/c1-20-30(49-22(3)41)13-10-25-36-28(18-47-38(20)25)27-16-34(45-7)35(46-8)17-29(27)40(24-9-12-32(43-5)33(15-24)44-6)19-48-39-21(2)31(50-23(4)42)14-11-26(39)37(36)40/h9-17,28,36-37H,18-19H2,1-8H3. The average molecular weight is 681 g/mol. The molecule has 50 heavy (non-hydrogen) atoms. The molecule has 0 saturated heterocycles. The Kier molecular flexibility index (Phi) is 8.28. The zero-order valence-corrected chi connectivity index (χ0v) is 29.4. The maximum atomic E-state index is 12.1. The van der Waals surface area contributed by atoms with Gasteiger partial charge in [-0.3, -0.25) is 9.59 Å². The van der Waals surface area contributed by atoms with Crippen molar-refractivity contribution in [2.24, 2.45) is 0 Å². The fourth-order valence-electron chi connectivity index (χ4n) is 8.41. The molecule has 0 N–H and O–H groups in total. The molecule has 0 saturated carbocycles. The summed E-state index contributed by atoms with van der Waals surface area (Å²) >= 11 is 0. The van der Waals surface area contributed by atoms with Crippen molar-refractivity contribution in [2.75, 3.05) is 41.7 Å². The number of hydrogen-bond acceptors (Lipinski definition) is 10. The van der Waals surface area contributed by atoms with Crippen LogP contribution in [-0.4, -0.2) is 53.6 Å². The Hall–Kier alpha value is -5.38. The maximum Gasteiger partial charge on any atom is 0.308 e. The number of hydrogen-bond donors (Lipinski definition) is 0. The van der Waals surface area contributed by atoms with Crippen molar-refractivity contribution in [3.8, 4) is 46.0 Å². The number of benzene rings is 4. The van der Waals surface area contributed by atoms with Crippen LogP contribution in [0.4, 0.5) is 0 Å². The Morgan fingerprint density at radius 1 is 0.640 bits per heavy atom. The van der Waals surface area contributed by atoms with Crippen LogP contribution in [0.1, 0.15) is 70.5 Å². The van der Waals surface area contributed by atoms with E-state index in [1.165, 1.54) is 13.8 Å². The zero-order valence-electron chi connectivity index (χ0n) is 29.4. The number of carbonyl (C=O) groups excluding carboxylic acids is 2. The summed E-state index contributed by atoms with van der Waals surface area (Å²) in [6, 6.07) is 17.9. The molecular formula is C40H40O10. The van der Waals surface area contributed by atoms with E-state index in [1.807, 2.05) is 50.2 Å². The first-order chi connectivity index (χ1) is 24.1. The summed E-state index contributed by atoms with van der Waals surface area (Å²) in [4.78, 5) is 24.1. The van der Waals surface area contributed by atoms with Crippen molar-refractivity contribution in [1.82, 2.24) is 0 Å². The van der Waals surface area contributed by atoms with E-state index < -0.39 is 17.4 Å². The summed E-state index contributed by atoms with van der Waals surface area (Å²) in [5.41, 5.74) is 5.66. The summed E-state index contributed by atoms with van der Waals surface area (Å²) in [6.07, 6.45) is 0. The van der Waals surface area contributed by atoms with Gasteiger partial charge in [0, 0.05) is 42.7 Å². The number of ether oxygens (including phenoxy) is 8. The Labute approximate surface area is 291 Å². The predicted molar refractivity (Wildman–Crippen MR) is 184 cm³/mol. The molecule has 0 radical (unpaired) electrons. The molecule has 0 aromatic heterocycles. The second kappa shape index (κ2) is 12.5. The van der Waals surface area contributed by atoms with Gasteiger partial charge in [-0.25, -0.2) is 0 Å². The SMILES string of the molecule is COc1ccc(C23COc4c(ccc(OC(C)=O)c4C)C2C2c4ccc(OC(C)=O)c(C)c4OCC2c2cc(OC)c(OC)cc23)cc1OC. The lowest BCUT2D eigenvalue weighted by Gasteiger charge is -2.56. The smallest absolute Gasteiger partial charge is 0.308 e. The van der Waals surface area contributed by atoms with Crippen LogP contribution in [0.3, 0.4) is 0 Å². The van der Waals surface area contributed by atoms with Gasteiger partial charge < -0.3 is 37.9 Å². The zero-order chi connectivity index (χ0) is 35.5. The predicted octanol–water partition coefficient (Wildman–Crippen LogP) is 6.92. The third kappa shape index (κ3) is 4.91. The molecule has 2 heterocycles. The van der Waals surface area contributed by atoms with Crippen molar-refractivity contribution in [2.45, 2.75) is 50.9 Å². The second-order valence-electron chi connectivity index (χ2n) is 12.9. The highest BCUT2D eigenvalue weighted by atomic mass is 16.5. The van der Waals surface area contributed by atoms with Crippen LogP contribution in [0.2, 0.25) is 0 Å². The highest BCUT2D eigenvalue weighted by Gasteiger charge is 2.59. The maximum absolute atomic E-state index is 12.1. The fraction of sp³-hybridized carbons (Fsp3) is 0.350. The van der Waals surface area contributed by atoms with Gasteiger partial charge in [-0.2, -0.15) is 0 Å². The third-order valence-corrected chi connectivity index (χ3v) is 10.5. The first-order valence-electron chi connectivity index (χ1n) is 16.5. The molecule has 1 aliphatic carbocycles. The summed E-state index contributed by atoms with van der Waals surface area (Å²) < 4.78 is 47.9. The normalized spacial score (nSPS) is 21.0. The molecule has 4 aromatic carbocycles. The van der Waals surface area contributed by atoms with Crippen LogP contribution in [-0.2, 0) is 15.0 Å². The van der Waals surface area contributed by atoms with E-state index in [0.717, 1.165) is 38.9 Å². The highest BCUT2D eigenvalue weighted by molar-refractivity contribution is 5.73. The van der Waals surface area contributed by atoms with Crippen molar-refractivity contribution >= 4 is 11.9 Å². The van der Waals surface area contributed by atoms with E-state index in [9.17, 15) is 9.59 Å². The van der Waals surface area contributed by atoms with Crippen LogP contribution in [0.25, 0.3) is 0 Å². The topological polar surface area (TPSA) is 108 Å². The van der Waals surface area contributed by atoms with Gasteiger partial charge in [0.1, 0.15) is 29.6 Å². The number of fused-ring (bicyclic) bond motifs is 10. The molecule has 7 rings (SSSR count). The Balaban J connectivity index is 1.59. The molecule has 3 aliphatic rings. The molecule has 0 bridgehead atoms. The monoisotopic (exact) mass is 680 g/mol. The van der Waals surface area contributed by atoms with Gasteiger partial charge in [0.05, 0.1) is 40.5 Å². The lowest BCUT2D eigenvalue weighted by molar-refractivity contribution is -0.132. The molecule has 4 atom stereocenters. The van der Waals surface area contributed by atoms with Crippen LogP contribution in [0.15, 0.2) is 54.6 Å². The molecule has 4 aromatic rings. The van der Waals surface area contributed by atoms with E-state index in [2.05, 4.69) is 18.2 Å². The minimum Gasteiger partial charge on any atom is -0.493 e. The Bertz CT molecular complexity index is 2030. The summed E-state index contributed by atoms with van der Waals surface area (Å²) in [7, 11) is 6.51. The van der Waals surface area contributed by atoms with Crippen molar-refractivity contribution < 1.29 is 47.5 Å². The highest BCUT2D eigenvalue weighted by Crippen LogP contribution is 2.67. The first-order valence-corrected chi connectivity index (χ1v) is 16.5. The van der Waals surface area contributed by atoms with E-state index in [0.29, 0.717) is 52.6 Å². The largest absolute Gasteiger partial charge is 0.493 e. The lowest BCUT2D eigenvalue weighted by atomic mass is 9.49. The molecule has 260 valence electrons. The third-order valence-electron chi connectivity index (χ3n) is 10.5. The Morgan fingerprint density at radius 2 is 1.18 bits per heavy atom. The average Bonchev–Trinajstić information content (AvgIpc) is 3.12. The van der Waals surface area contributed by atoms with Gasteiger partial charge >= 0.3 is 11.9 Å². The second-order valence-corrected chi connectivity index (χ2v) is 12.9. The van der Waals surface area contributed by atoms with Crippen LogP contribution >= 0.6 is 0 Å². The number of esters is 2. The molecule has 0 amide bonds. The van der Waals surface area contributed by atoms with E-state index in [1.54, 1.807) is 28.4 Å². The number of methoxy groups -OCH3 is 4. The number of carbonyl (C=O) groups is 2. The summed E-state index contributed by atoms with van der Waals surface area (Å²) in [6.45, 7) is 7.21. The molecule has 4 unspecified atom stereocenters. The van der Waals surface area contributed by atoms with Crippen LogP contribution < -0.4 is 37.9 Å². The van der Waals surface area contributed by atoms with Gasteiger partial charge in [-0.1, -0.05) is 18.2 Å². The first kappa shape index (κ1) is 33.1. The van der Waals surface area contributed by atoms with E-state index in [-0.39, 0.29) is 24.4 Å². The molecule has 2 aliphatic heterocycles. The minimum atomic E-state index is -0.797. The van der Waals surface area contributed by atoms with Crippen LogP contribution in [0.5, 0.6) is 46.0 Å². The molecule has 10 heteroatoms. The molecular weight excluding hydrogens is 640 g/mol. The van der Waals surface area contributed by atoms with Crippen molar-refractivity contribution in [1.29, 1.82) is 0 Å². The van der Waals surface area contributed by atoms with Gasteiger partial charge in [0.25, 0.3) is 0 Å². The molecule has 0 fully saturated rings. The molecule has 0 spiro atoms. The lowest BCUT2D eigenvalue weighted by Crippen LogP contribution is -2.52. The van der Waals surface area contributed by atoms with E-state index in [4.69, 9.17) is 37.9 Å². The molecule has 10 nitrogen and oxygen atoms in total. The van der Waals surface area contributed by atoms with Gasteiger partial charge in [-0.15, -0.1) is 0 Å². The van der Waals surface area contributed by atoms with Crippen molar-refractivity contribution in [3.05, 3.63) is 93.5 Å².